The Hall–Kier alpha value is -1.00. The summed E-state index contributed by atoms with van der Waals surface area (Å²) in [6.07, 6.45) is -1.47. The van der Waals surface area contributed by atoms with Gasteiger partial charge in [-0.3, -0.25) is 0 Å². The molecule has 0 radical (unpaired) electrons. The van der Waals surface area contributed by atoms with Crippen molar-refractivity contribution in [1.29, 1.82) is 0 Å². The van der Waals surface area contributed by atoms with Crippen molar-refractivity contribution in [3.05, 3.63) is 35.4 Å². The summed E-state index contributed by atoms with van der Waals surface area (Å²) >= 11 is 0. The normalized spacial score (nSPS) is 13.1. The number of benzene rings is 1. The highest BCUT2D eigenvalue weighted by molar-refractivity contribution is 5.30. The lowest BCUT2D eigenvalue weighted by Crippen LogP contribution is -2.32. The minimum absolute atomic E-state index is 0.190. The fraction of sp³-hybridized carbons (Fsp3) is 0.500. The van der Waals surface area contributed by atoms with Crippen molar-refractivity contribution < 1.29 is 8.78 Å². The van der Waals surface area contributed by atoms with Crippen LogP contribution >= 0.6 is 0 Å². The average molecular weight is 228 g/mol. The SMILES string of the molecule is CCc1ccccc1C(CN)NCC(F)F. The molecule has 0 heterocycles. The van der Waals surface area contributed by atoms with Crippen LogP contribution in [-0.4, -0.2) is 19.5 Å². The lowest BCUT2D eigenvalue weighted by molar-refractivity contribution is 0.141. The van der Waals surface area contributed by atoms with Crippen LogP contribution in [0.4, 0.5) is 8.78 Å². The maximum Gasteiger partial charge on any atom is 0.250 e. The number of hydrogen-bond donors (Lipinski definition) is 2. The van der Waals surface area contributed by atoms with Crippen molar-refractivity contribution >= 4 is 0 Å². The van der Waals surface area contributed by atoms with E-state index in [4.69, 9.17) is 5.73 Å². The summed E-state index contributed by atoms with van der Waals surface area (Å²) in [5, 5.41) is 2.78. The molecule has 0 saturated carbocycles. The Morgan fingerprint density at radius 3 is 2.56 bits per heavy atom. The van der Waals surface area contributed by atoms with Crippen LogP contribution in [0.2, 0.25) is 0 Å². The van der Waals surface area contributed by atoms with E-state index in [1.165, 1.54) is 0 Å². The zero-order valence-electron chi connectivity index (χ0n) is 9.42. The summed E-state index contributed by atoms with van der Waals surface area (Å²) in [5.41, 5.74) is 7.78. The molecule has 0 spiro atoms. The Morgan fingerprint density at radius 2 is 2.00 bits per heavy atom. The summed E-state index contributed by atoms with van der Waals surface area (Å²) in [5.74, 6) is 0. The van der Waals surface area contributed by atoms with Gasteiger partial charge in [0.2, 0.25) is 0 Å². The number of nitrogens with one attached hydrogen (secondary N) is 1. The number of halogens is 2. The highest BCUT2D eigenvalue weighted by Gasteiger charge is 2.14. The average Bonchev–Trinajstić information content (AvgIpc) is 2.30. The molecule has 1 rings (SSSR count). The van der Waals surface area contributed by atoms with E-state index < -0.39 is 6.43 Å². The van der Waals surface area contributed by atoms with Gasteiger partial charge in [-0.05, 0) is 17.5 Å². The molecule has 0 amide bonds. The van der Waals surface area contributed by atoms with Gasteiger partial charge in [0.15, 0.2) is 0 Å². The standard InChI is InChI=1S/C12H18F2N2/c1-2-9-5-3-4-6-10(9)11(7-15)16-8-12(13)14/h3-6,11-12,16H,2,7-8,15H2,1H3. The van der Waals surface area contributed by atoms with Crippen molar-refractivity contribution in [3.63, 3.8) is 0 Å². The number of alkyl halides is 2. The third-order valence-corrected chi connectivity index (χ3v) is 2.57. The van der Waals surface area contributed by atoms with Crippen molar-refractivity contribution in [2.75, 3.05) is 13.1 Å². The van der Waals surface area contributed by atoms with Crippen LogP contribution < -0.4 is 11.1 Å². The summed E-state index contributed by atoms with van der Waals surface area (Å²) in [7, 11) is 0. The first-order valence-electron chi connectivity index (χ1n) is 5.48. The molecule has 0 aromatic heterocycles. The van der Waals surface area contributed by atoms with Gasteiger partial charge in [0.25, 0.3) is 6.43 Å². The molecule has 0 aliphatic rings. The van der Waals surface area contributed by atoms with Gasteiger partial charge in [-0.15, -0.1) is 0 Å². The first kappa shape index (κ1) is 13.1. The monoisotopic (exact) mass is 228 g/mol. The van der Waals surface area contributed by atoms with Gasteiger partial charge in [0.1, 0.15) is 0 Å². The van der Waals surface area contributed by atoms with Crippen molar-refractivity contribution in [1.82, 2.24) is 5.32 Å². The summed E-state index contributed by atoms with van der Waals surface area (Å²) in [6.45, 7) is 2.04. The molecule has 16 heavy (non-hydrogen) atoms. The zero-order chi connectivity index (χ0) is 12.0. The highest BCUT2D eigenvalue weighted by Crippen LogP contribution is 2.17. The molecule has 1 atom stereocenters. The van der Waals surface area contributed by atoms with Crippen LogP contribution in [0.1, 0.15) is 24.1 Å². The van der Waals surface area contributed by atoms with E-state index in [1.807, 2.05) is 31.2 Å². The number of hydrogen-bond acceptors (Lipinski definition) is 2. The van der Waals surface area contributed by atoms with Crippen LogP contribution in [0, 0.1) is 0 Å². The number of aryl methyl sites for hydroxylation is 1. The molecule has 1 aromatic rings. The van der Waals surface area contributed by atoms with Crippen LogP contribution in [0.3, 0.4) is 0 Å². The highest BCUT2D eigenvalue weighted by atomic mass is 19.3. The molecule has 0 saturated heterocycles. The van der Waals surface area contributed by atoms with Crippen LogP contribution in [0.15, 0.2) is 24.3 Å². The lowest BCUT2D eigenvalue weighted by Gasteiger charge is -2.19. The fourth-order valence-electron chi connectivity index (χ4n) is 1.75. The predicted molar refractivity (Wildman–Crippen MR) is 61.6 cm³/mol. The largest absolute Gasteiger partial charge is 0.329 e. The summed E-state index contributed by atoms with van der Waals surface area (Å²) in [6, 6.07) is 7.60. The van der Waals surface area contributed by atoms with E-state index in [2.05, 4.69) is 5.32 Å². The van der Waals surface area contributed by atoms with Gasteiger partial charge in [-0.25, -0.2) is 8.78 Å². The van der Waals surface area contributed by atoms with E-state index in [-0.39, 0.29) is 12.6 Å². The van der Waals surface area contributed by atoms with Gasteiger partial charge in [-0.1, -0.05) is 31.2 Å². The molecule has 1 aromatic carbocycles. The molecular weight excluding hydrogens is 210 g/mol. The Bertz CT molecular complexity index is 316. The molecule has 3 N–H and O–H groups in total. The molecule has 4 heteroatoms. The van der Waals surface area contributed by atoms with E-state index in [0.29, 0.717) is 6.54 Å². The smallest absolute Gasteiger partial charge is 0.250 e. The molecule has 0 bridgehead atoms. The fourth-order valence-corrected chi connectivity index (χ4v) is 1.75. The topological polar surface area (TPSA) is 38.0 Å². The van der Waals surface area contributed by atoms with Crippen molar-refractivity contribution in [3.8, 4) is 0 Å². The van der Waals surface area contributed by atoms with E-state index in [1.54, 1.807) is 0 Å². The first-order chi connectivity index (χ1) is 7.69. The quantitative estimate of drug-likeness (QED) is 0.782. The molecular formula is C12H18F2N2. The Labute approximate surface area is 94.8 Å². The van der Waals surface area contributed by atoms with Crippen LogP contribution in [0.5, 0.6) is 0 Å². The first-order valence-corrected chi connectivity index (χ1v) is 5.48. The third kappa shape index (κ3) is 3.54. The molecule has 2 nitrogen and oxygen atoms in total. The number of nitrogens with two attached hydrogens (primary N) is 1. The predicted octanol–water partition coefficient (Wildman–Crippen LogP) is 2.10. The summed E-state index contributed by atoms with van der Waals surface area (Å²) < 4.78 is 24.3. The third-order valence-electron chi connectivity index (χ3n) is 2.57. The molecule has 0 fully saturated rings. The number of rotatable bonds is 6. The molecule has 1 unspecified atom stereocenters. The maximum absolute atomic E-state index is 12.1. The Kier molecular flexibility index (Phi) is 5.35. The summed E-state index contributed by atoms with van der Waals surface area (Å²) in [4.78, 5) is 0. The Balaban J connectivity index is 2.77. The van der Waals surface area contributed by atoms with Gasteiger partial charge in [0, 0.05) is 12.6 Å². The second-order valence-corrected chi connectivity index (χ2v) is 3.64. The second-order valence-electron chi connectivity index (χ2n) is 3.64. The Morgan fingerprint density at radius 1 is 1.31 bits per heavy atom. The van der Waals surface area contributed by atoms with Gasteiger partial charge >= 0.3 is 0 Å². The lowest BCUT2D eigenvalue weighted by atomic mass is 9.98. The van der Waals surface area contributed by atoms with E-state index >= 15 is 0 Å². The molecule has 0 aliphatic carbocycles. The van der Waals surface area contributed by atoms with Crippen molar-refractivity contribution in [2.24, 2.45) is 5.73 Å². The van der Waals surface area contributed by atoms with E-state index in [0.717, 1.165) is 17.5 Å². The maximum atomic E-state index is 12.1. The second kappa shape index (κ2) is 6.55. The zero-order valence-corrected chi connectivity index (χ0v) is 9.42. The van der Waals surface area contributed by atoms with Gasteiger partial charge < -0.3 is 11.1 Å². The molecule has 0 aliphatic heterocycles. The van der Waals surface area contributed by atoms with Crippen molar-refractivity contribution in [2.45, 2.75) is 25.8 Å². The van der Waals surface area contributed by atoms with Gasteiger partial charge in [-0.2, -0.15) is 0 Å². The van der Waals surface area contributed by atoms with Gasteiger partial charge in [0.05, 0.1) is 6.54 Å². The van der Waals surface area contributed by atoms with E-state index in [9.17, 15) is 8.78 Å². The van der Waals surface area contributed by atoms with Crippen LogP contribution in [-0.2, 0) is 6.42 Å². The molecule has 90 valence electrons. The minimum Gasteiger partial charge on any atom is -0.329 e. The van der Waals surface area contributed by atoms with Crippen LogP contribution in [0.25, 0.3) is 0 Å². The minimum atomic E-state index is -2.34.